The number of ether oxygens (including phenoxy) is 1. The summed E-state index contributed by atoms with van der Waals surface area (Å²) in [4.78, 5) is 23.7. The molecule has 0 aliphatic heterocycles. The quantitative estimate of drug-likeness (QED) is 0.688. The van der Waals surface area contributed by atoms with Gasteiger partial charge in [-0.1, -0.05) is 25.1 Å². The Hall–Kier alpha value is -2.82. The second-order valence-electron chi connectivity index (χ2n) is 6.25. The molecule has 0 bridgehead atoms. The van der Waals surface area contributed by atoms with Gasteiger partial charge in [0.2, 0.25) is 11.8 Å². The zero-order valence-corrected chi connectivity index (χ0v) is 15.6. The molecule has 26 heavy (non-hydrogen) atoms. The summed E-state index contributed by atoms with van der Waals surface area (Å²) in [6, 6.07) is 13.3. The van der Waals surface area contributed by atoms with E-state index in [4.69, 9.17) is 4.74 Å². The van der Waals surface area contributed by atoms with Crippen LogP contribution < -0.4 is 15.4 Å². The van der Waals surface area contributed by atoms with Crippen LogP contribution in [0.25, 0.3) is 0 Å². The van der Waals surface area contributed by atoms with Crippen LogP contribution in [0.3, 0.4) is 0 Å². The highest BCUT2D eigenvalue weighted by atomic mass is 16.5. The van der Waals surface area contributed by atoms with E-state index in [2.05, 4.69) is 10.6 Å². The van der Waals surface area contributed by atoms with Crippen LogP contribution in [0.2, 0.25) is 0 Å². The molecule has 5 heteroatoms. The van der Waals surface area contributed by atoms with Gasteiger partial charge in [0, 0.05) is 24.2 Å². The fourth-order valence-electron chi connectivity index (χ4n) is 2.42. The summed E-state index contributed by atoms with van der Waals surface area (Å²) < 4.78 is 5.66. The summed E-state index contributed by atoms with van der Waals surface area (Å²) in [6.45, 7) is 6.22. The second kappa shape index (κ2) is 9.61. The van der Waals surface area contributed by atoms with Crippen LogP contribution in [0.4, 0.5) is 11.4 Å². The van der Waals surface area contributed by atoms with Gasteiger partial charge in [0.1, 0.15) is 5.75 Å². The molecule has 0 unspecified atom stereocenters. The van der Waals surface area contributed by atoms with Crippen molar-refractivity contribution >= 4 is 23.2 Å². The van der Waals surface area contributed by atoms with Gasteiger partial charge in [-0.25, -0.2) is 0 Å². The third-order valence-corrected chi connectivity index (χ3v) is 3.92. The maximum atomic E-state index is 12.2. The molecule has 0 spiro atoms. The SMILES string of the molecule is CCC(=O)Nc1ccc(C)c(NC(=O)CCCOc2cccc(C)c2)c1. The molecule has 2 rings (SSSR count). The normalized spacial score (nSPS) is 10.3. The highest BCUT2D eigenvalue weighted by molar-refractivity contribution is 5.94. The zero-order chi connectivity index (χ0) is 18.9. The van der Waals surface area contributed by atoms with Crippen LogP contribution in [-0.2, 0) is 9.59 Å². The number of carbonyl (C=O) groups excluding carboxylic acids is 2. The minimum absolute atomic E-state index is 0.0561. The Morgan fingerprint density at radius 2 is 1.81 bits per heavy atom. The van der Waals surface area contributed by atoms with Gasteiger partial charge >= 0.3 is 0 Å². The lowest BCUT2D eigenvalue weighted by molar-refractivity contribution is -0.117. The van der Waals surface area contributed by atoms with Crippen molar-refractivity contribution in [2.45, 2.75) is 40.0 Å². The third kappa shape index (κ3) is 6.24. The van der Waals surface area contributed by atoms with Crippen molar-refractivity contribution in [3.63, 3.8) is 0 Å². The van der Waals surface area contributed by atoms with Crippen molar-refractivity contribution in [3.8, 4) is 5.75 Å². The summed E-state index contributed by atoms with van der Waals surface area (Å²) in [6.07, 6.45) is 1.42. The minimum atomic E-state index is -0.0695. The van der Waals surface area contributed by atoms with Gasteiger partial charge in [0.05, 0.1) is 6.61 Å². The Kier molecular flexibility index (Phi) is 7.21. The van der Waals surface area contributed by atoms with Gasteiger partial charge in [-0.3, -0.25) is 9.59 Å². The van der Waals surface area contributed by atoms with Crippen LogP contribution in [0.1, 0.15) is 37.3 Å². The maximum Gasteiger partial charge on any atom is 0.224 e. The second-order valence-corrected chi connectivity index (χ2v) is 6.25. The standard InChI is InChI=1S/C21H26N2O3/c1-4-20(24)22-17-11-10-16(3)19(14-17)23-21(25)9-6-12-26-18-8-5-7-15(2)13-18/h5,7-8,10-11,13-14H,4,6,9,12H2,1-3H3,(H,22,24)(H,23,25). The number of benzene rings is 2. The summed E-state index contributed by atoms with van der Waals surface area (Å²) >= 11 is 0. The topological polar surface area (TPSA) is 67.4 Å². The lowest BCUT2D eigenvalue weighted by Crippen LogP contribution is -2.14. The summed E-state index contributed by atoms with van der Waals surface area (Å²) in [7, 11) is 0. The van der Waals surface area contributed by atoms with Crippen molar-refractivity contribution in [3.05, 3.63) is 53.6 Å². The van der Waals surface area contributed by atoms with Gasteiger partial charge in [-0.2, -0.15) is 0 Å². The lowest BCUT2D eigenvalue weighted by atomic mass is 10.1. The molecule has 0 radical (unpaired) electrons. The first-order valence-corrected chi connectivity index (χ1v) is 8.87. The van der Waals surface area contributed by atoms with Gasteiger partial charge in [0.15, 0.2) is 0 Å². The van der Waals surface area contributed by atoms with Crippen LogP contribution in [0, 0.1) is 13.8 Å². The highest BCUT2D eigenvalue weighted by Gasteiger charge is 2.07. The predicted octanol–water partition coefficient (Wildman–Crippen LogP) is 4.45. The largest absolute Gasteiger partial charge is 0.494 e. The van der Waals surface area contributed by atoms with Crippen LogP contribution in [-0.4, -0.2) is 18.4 Å². The molecule has 2 aromatic carbocycles. The Bertz CT molecular complexity index is 772. The van der Waals surface area contributed by atoms with Crippen LogP contribution in [0.15, 0.2) is 42.5 Å². The number of rotatable bonds is 8. The van der Waals surface area contributed by atoms with Gasteiger partial charge < -0.3 is 15.4 Å². The van der Waals surface area contributed by atoms with E-state index < -0.39 is 0 Å². The number of carbonyl (C=O) groups is 2. The lowest BCUT2D eigenvalue weighted by Gasteiger charge is -2.12. The molecule has 2 amide bonds. The summed E-state index contributed by atoms with van der Waals surface area (Å²) in [5.74, 6) is 0.694. The van der Waals surface area contributed by atoms with Gasteiger partial charge in [0.25, 0.3) is 0 Å². The number of hydrogen-bond donors (Lipinski definition) is 2. The Labute approximate surface area is 154 Å². The highest BCUT2D eigenvalue weighted by Crippen LogP contribution is 2.21. The first-order valence-electron chi connectivity index (χ1n) is 8.87. The Morgan fingerprint density at radius 1 is 1.00 bits per heavy atom. The molecule has 138 valence electrons. The molecular weight excluding hydrogens is 328 g/mol. The fourth-order valence-corrected chi connectivity index (χ4v) is 2.42. The first kappa shape index (κ1) is 19.5. The molecule has 0 fully saturated rings. The molecule has 2 N–H and O–H groups in total. The monoisotopic (exact) mass is 354 g/mol. The average molecular weight is 354 g/mol. The van der Waals surface area contributed by atoms with Crippen molar-refractivity contribution in [1.82, 2.24) is 0 Å². The number of nitrogens with one attached hydrogen (secondary N) is 2. The molecule has 0 saturated carbocycles. The first-order chi connectivity index (χ1) is 12.5. The van der Waals surface area contributed by atoms with Crippen LogP contribution >= 0.6 is 0 Å². The number of aryl methyl sites for hydroxylation is 2. The van der Waals surface area contributed by atoms with E-state index >= 15 is 0 Å². The van der Waals surface area contributed by atoms with E-state index in [0.717, 1.165) is 16.9 Å². The van der Waals surface area contributed by atoms with Gasteiger partial charge in [-0.15, -0.1) is 0 Å². The molecule has 5 nitrogen and oxygen atoms in total. The minimum Gasteiger partial charge on any atom is -0.494 e. The predicted molar refractivity (Wildman–Crippen MR) is 105 cm³/mol. The molecule has 0 aliphatic rings. The Morgan fingerprint density at radius 3 is 2.54 bits per heavy atom. The molecular formula is C21H26N2O3. The maximum absolute atomic E-state index is 12.2. The fraction of sp³-hybridized carbons (Fsp3) is 0.333. The van der Waals surface area contributed by atoms with E-state index in [9.17, 15) is 9.59 Å². The molecule has 0 aromatic heterocycles. The van der Waals surface area contributed by atoms with Crippen molar-refractivity contribution in [1.29, 1.82) is 0 Å². The molecule has 0 heterocycles. The van der Waals surface area contributed by atoms with Gasteiger partial charge in [-0.05, 0) is 55.7 Å². The zero-order valence-electron chi connectivity index (χ0n) is 15.6. The average Bonchev–Trinajstić information content (AvgIpc) is 2.61. The van der Waals surface area contributed by atoms with Crippen molar-refractivity contribution in [2.24, 2.45) is 0 Å². The summed E-state index contributed by atoms with van der Waals surface area (Å²) in [5.41, 5.74) is 3.48. The van der Waals surface area contributed by atoms with Crippen LogP contribution in [0.5, 0.6) is 5.75 Å². The van der Waals surface area contributed by atoms with Crippen molar-refractivity contribution in [2.75, 3.05) is 17.2 Å². The van der Waals surface area contributed by atoms with E-state index in [1.807, 2.05) is 50.2 Å². The molecule has 2 aromatic rings. The summed E-state index contributed by atoms with van der Waals surface area (Å²) in [5, 5.41) is 5.70. The number of anilines is 2. The number of hydrogen-bond acceptors (Lipinski definition) is 3. The molecule has 0 aliphatic carbocycles. The van der Waals surface area contributed by atoms with E-state index in [1.165, 1.54) is 0 Å². The van der Waals surface area contributed by atoms with E-state index in [0.29, 0.717) is 37.2 Å². The number of amides is 2. The molecule has 0 atom stereocenters. The van der Waals surface area contributed by atoms with E-state index in [-0.39, 0.29) is 11.8 Å². The third-order valence-electron chi connectivity index (χ3n) is 3.92. The molecule has 0 saturated heterocycles. The van der Waals surface area contributed by atoms with E-state index in [1.54, 1.807) is 13.0 Å². The van der Waals surface area contributed by atoms with Crippen molar-refractivity contribution < 1.29 is 14.3 Å². The Balaban J connectivity index is 1.81. The smallest absolute Gasteiger partial charge is 0.224 e.